The molecule has 0 fully saturated rings. The lowest BCUT2D eigenvalue weighted by Gasteiger charge is -2.32. The summed E-state index contributed by atoms with van der Waals surface area (Å²) in [5.41, 5.74) is 5.98. The van der Waals surface area contributed by atoms with Crippen LogP contribution in [0.3, 0.4) is 0 Å². The van der Waals surface area contributed by atoms with Crippen molar-refractivity contribution in [2.75, 3.05) is 25.0 Å². The van der Waals surface area contributed by atoms with E-state index in [1.165, 1.54) is 17.7 Å². The average Bonchev–Trinajstić information content (AvgIpc) is 3.57. The number of aromatic nitrogens is 3. The molecule has 1 atom stereocenters. The molecule has 0 radical (unpaired) electrons. The van der Waals surface area contributed by atoms with E-state index in [9.17, 15) is 14.3 Å². The Labute approximate surface area is 225 Å². The van der Waals surface area contributed by atoms with Crippen LogP contribution < -0.4 is 4.90 Å². The first-order valence-electron chi connectivity index (χ1n) is 13.0. The summed E-state index contributed by atoms with van der Waals surface area (Å²) in [7, 11) is 2.01. The molecule has 1 unspecified atom stereocenters. The lowest BCUT2D eigenvalue weighted by molar-refractivity contribution is -0.138. The van der Waals surface area contributed by atoms with E-state index in [0.717, 1.165) is 71.5 Å². The number of carboxylic acids is 1. The number of halogens is 1. The minimum Gasteiger partial charge on any atom is -0.481 e. The lowest BCUT2D eigenvalue weighted by atomic mass is 9.98. The van der Waals surface area contributed by atoms with E-state index in [4.69, 9.17) is 9.97 Å². The molecule has 9 heteroatoms. The Morgan fingerprint density at radius 3 is 2.58 bits per heavy atom. The normalized spacial score (nSPS) is 15.0. The van der Waals surface area contributed by atoms with E-state index in [2.05, 4.69) is 45.5 Å². The molecule has 7 nitrogen and oxygen atoms in total. The van der Waals surface area contributed by atoms with Gasteiger partial charge in [-0.2, -0.15) is 0 Å². The number of nitrogens with zero attached hydrogens (tertiary/aromatic N) is 5. The molecule has 1 aromatic carbocycles. The number of carbonyl (C=O) groups is 1. The zero-order valence-corrected chi connectivity index (χ0v) is 22.7. The van der Waals surface area contributed by atoms with Gasteiger partial charge in [-0.3, -0.25) is 14.1 Å². The minimum atomic E-state index is -0.745. The maximum Gasteiger partial charge on any atom is 0.304 e. The van der Waals surface area contributed by atoms with Crippen LogP contribution >= 0.6 is 11.3 Å². The van der Waals surface area contributed by atoms with Crippen molar-refractivity contribution in [2.24, 2.45) is 0 Å². The number of anilines is 2. The summed E-state index contributed by atoms with van der Waals surface area (Å²) in [5, 5.41) is 12.1. The molecule has 0 saturated carbocycles. The molecule has 0 spiro atoms. The van der Waals surface area contributed by atoms with E-state index in [-0.39, 0.29) is 18.3 Å². The maximum absolute atomic E-state index is 13.4. The molecule has 1 aliphatic rings. The van der Waals surface area contributed by atoms with Crippen molar-refractivity contribution in [2.45, 2.75) is 45.6 Å². The van der Waals surface area contributed by atoms with Crippen LogP contribution in [0.2, 0.25) is 0 Å². The van der Waals surface area contributed by atoms with E-state index in [1.807, 2.05) is 19.4 Å². The summed E-state index contributed by atoms with van der Waals surface area (Å²) in [4.78, 5) is 25.3. The summed E-state index contributed by atoms with van der Waals surface area (Å²) in [6.07, 6.45) is 7.04. The first kappa shape index (κ1) is 26.1. The molecule has 4 aromatic rings. The largest absolute Gasteiger partial charge is 0.481 e. The Morgan fingerprint density at radius 2 is 1.92 bits per heavy atom. The molecule has 38 heavy (non-hydrogen) atoms. The van der Waals surface area contributed by atoms with Crippen LogP contribution in [0, 0.1) is 5.82 Å². The second kappa shape index (κ2) is 11.0. The predicted octanol–water partition coefficient (Wildman–Crippen LogP) is 6.27. The highest BCUT2D eigenvalue weighted by Crippen LogP contribution is 2.34. The van der Waals surface area contributed by atoms with Crippen molar-refractivity contribution >= 4 is 39.5 Å². The van der Waals surface area contributed by atoms with Gasteiger partial charge in [0.2, 0.25) is 0 Å². The van der Waals surface area contributed by atoms with Gasteiger partial charge in [-0.05, 0) is 66.8 Å². The molecule has 1 N–H and O–H groups in total. The van der Waals surface area contributed by atoms with E-state index in [0.29, 0.717) is 0 Å². The molecule has 198 valence electrons. The maximum atomic E-state index is 13.4. The highest BCUT2D eigenvalue weighted by Gasteiger charge is 2.23. The number of hydrogen-bond acceptors (Lipinski definition) is 6. The van der Waals surface area contributed by atoms with E-state index in [1.54, 1.807) is 23.5 Å². The number of fused-ring (bicyclic) bond motifs is 1. The minimum absolute atomic E-state index is 0.0619. The third-order valence-corrected chi connectivity index (χ3v) is 8.16. The highest BCUT2D eigenvalue weighted by molar-refractivity contribution is 7.14. The Morgan fingerprint density at radius 1 is 1.16 bits per heavy atom. The van der Waals surface area contributed by atoms with Crippen LogP contribution in [0.4, 0.5) is 15.3 Å². The molecule has 0 saturated heterocycles. The lowest BCUT2D eigenvalue weighted by Crippen LogP contribution is -2.39. The molecule has 4 heterocycles. The third kappa shape index (κ3) is 5.21. The number of benzene rings is 1. The van der Waals surface area contributed by atoms with Crippen molar-refractivity contribution in [3.8, 4) is 11.3 Å². The molecule has 0 amide bonds. The smallest absolute Gasteiger partial charge is 0.304 e. The Hall–Kier alpha value is -3.56. The SMILES string of the molecule is CCc1nc2ccc(C3=CCN(C(CC)CC(=O)O)CC3)cn2c1N(C)c1nc(-c2ccc(F)cc2)cs1. The van der Waals surface area contributed by atoms with Crippen LogP contribution in [0.5, 0.6) is 0 Å². The topological polar surface area (TPSA) is 74.0 Å². The van der Waals surface area contributed by atoms with Crippen LogP contribution in [0.1, 0.15) is 44.4 Å². The summed E-state index contributed by atoms with van der Waals surface area (Å²) < 4.78 is 15.5. The fourth-order valence-electron chi connectivity index (χ4n) is 5.14. The molecular formula is C29H32FN5O2S. The van der Waals surface area contributed by atoms with E-state index < -0.39 is 5.97 Å². The summed E-state index contributed by atoms with van der Waals surface area (Å²) >= 11 is 1.55. The van der Waals surface area contributed by atoms with E-state index >= 15 is 0 Å². The van der Waals surface area contributed by atoms with Crippen molar-refractivity contribution < 1.29 is 14.3 Å². The predicted molar refractivity (Wildman–Crippen MR) is 151 cm³/mol. The Kier molecular flexibility index (Phi) is 7.58. The number of rotatable bonds is 9. The quantitative estimate of drug-likeness (QED) is 0.273. The molecule has 1 aliphatic heterocycles. The van der Waals surface area contributed by atoms with Gasteiger partial charge in [-0.1, -0.05) is 19.9 Å². The summed E-state index contributed by atoms with van der Waals surface area (Å²) in [6.45, 7) is 5.75. The van der Waals surface area contributed by atoms with Gasteiger partial charge in [0.25, 0.3) is 0 Å². The Bertz CT molecular complexity index is 1480. The number of thiazole rings is 1. The highest BCUT2D eigenvalue weighted by atomic mass is 32.1. The molecule has 0 bridgehead atoms. The first-order valence-corrected chi connectivity index (χ1v) is 13.9. The second-order valence-corrected chi connectivity index (χ2v) is 10.4. The van der Waals surface area contributed by atoms with Gasteiger partial charge >= 0.3 is 5.97 Å². The van der Waals surface area contributed by atoms with Crippen molar-refractivity contribution in [3.05, 3.63) is 71.1 Å². The number of aliphatic carboxylic acids is 1. The number of aryl methyl sites for hydroxylation is 1. The molecular weight excluding hydrogens is 501 g/mol. The second-order valence-electron chi connectivity index (χ2n) is 9.60. The van der Waals surface area contributed by atoms with Crippen molar-refractivity contribution in [1.82, 2.24) is 19.3 Å². The monoisotopic (exact) mass is 533 g/mol. The van der Waals surface area contributed by atoms with Crippen LogP contribution in [-0.2, 0) is 11.2 Å². The third-order valence-electron chi connectivity index (χ3n) is 7.24. The van der Waals surface area contributed by atoms with Crippen LogP contribution in [0.15, 0.2) is 54.1 Å². The summed E-state index contributed by atoms with van der Waals surface area (Å²) in [6, 6.07) is 10.6. The first-order chi connectivity index (χ1) is 18.4. The number of imidazole rings is 1. The van der Waals surface area contributed by atoms with Crippen LogP contribution in [-0.4, -0.2) is 56.5 Å². The standard InChI is InChI=1S/C29H32FN5O2S/c1-4-23(16-27(36)37)34-14-12-19(13-15-34)21-8-11-26-31-24(5-2)28(35(26)17-21)33(3)29-32-25(18-38-29)20-6-9-22(30)10-7-20/h6-12,17-18,23H,4-5,13-16H2,1-3H3,(H,36,37). The van der Waals surface area contributed by atoms with Crippen LogP contribution in [0.25, 0.3) is 22.5 Å². The zero-order valence-electron chi connectivity index (χ0n) is 21.9. The van der Waals surface area contributed by atoms with Crippen molar-refractivity contribution in [1.29, 1.82) is 0 Å². The van der Waals surface area contributed by atoms with Gasteiger partial charge in [0.1, 0.15) is 17.3 Å². The van der Waals surface area contributed by atoms with Gasteiger partial charge in [0.05, 0.1) is 17.8 Å². The molecule has 3 aromatic heterocycles. The number of pyridine rings is 1. The number of carboxylic acid groups (broad SMARTS) is 1. The molecule has 5 rings (SSSR count). The fourth-order valence-corrected chi connectivity index (χ4v) is 5.94. The zero-order chi connectivity index (χ0) is 26.8. The van der Waals surface area contributed by atoms with Gasteiger partial charge in [-0.25, -0.2) is 14.4 Å². The van der Waals surface area contributed by atoms with Gasteiger partial charge in [-0.15, -0.1) is 11.3 Å². The number of hydrogen-bond donors (Lipinski definition) is 1. The van der Waals surface area contributed by atoms with Gasteiger partial charge in [0, 0.05) is 43.3 Å². The average molecular weight is 534 g/mol. The fraction of sp³-hybridized carbons (Fsp3) is 0.345. The summed E-state index contributed by atoms with van der Waals surface area (Å²) in [5.74, 6) is -0.0258. The van der Waals surface area contributed by atoms with Gasteiger partial charge < -0.3 is 10.0 Å². The van der Waals surface area contributed by atoms with Crippen molar-refractivity contribution in [3.63, 3.8) is 0 Å². The Balaban J connectivity index is 1.44. The van der Waals surface area contributed by atoms with Gasteiger partial charge in [0.15, 0.2) is 5.13 Å². The molecule has 0 aliphatic carbocycles.